The third kappa shape index (κ3) is 3.24. The molecule has 0 bridgehead atoms. The Morgan fingerprint density at radius 1 is 0.793 bits per heavy atom. The van der Waals surface area contributed by atoms with Crippen LogP contribution in [0.3, 0.4) is 0 Å². The fraction of sp³-hybridized carbons (Fsp3) is 0.304. The fourth-order valence-electron chi connectivity index (χ4n) is 3.85. The highest BCUT2D eigenvalue weighted by Crippen LogP contribution is 2.35. The molecule has 0 aliphatic rings. The number of nitrogen functional groups attached to an aromatic ring is 2. The molecule has 0 saturated carbocycles. The molecule has 6 nitrogen and oxygen atoms in total. The van der Waals surface area contributed by atoms with Crippen LogP contribution in [-0.2, 0) is 7.05 Å². The number of aryl methyl sites for hydroxylation is 4. The molecule has 0 aliphatic heterocycles. The Balaban J connectivity index is 0.000000166. The van der Waals surface area contributed by atoms with Crippen LogP contribution in [0.1, 0.15) is 22.5 Å². The summed E-state index contributed by atoms with van der Waals surface area (Å²) in [4.78, 5) is 3.28. The van der Waals surface area contributed by atoms with Gasteiger partial charge in [0.2, 0.25) is 0 Å². The minimum atomic E-state index is 0.794. The van der Waals surface area contributed by atoms with Gasteiger partial charge in [-0.25, -0.2) is 0 Å². The minimum absolute atomic E-state index is 0.794. The highest BCUT2D eigenvalue weighted by molar-refractivity contribution is 5.99. The van der Waals surface area contributed by atoms with Crippen LogP contribution in [0.4, 0.5) is 11.4 Å². The maximum atomic E-state index is 5.99. The maximum Gasteiger partial charge on any atom is 0.143 e. The van der Waals surface area contributed by atoms with Crippen LogP contribution in [0, 0.1) is 27.7 Å². The molecule has 29 heavy (non-hydrogen) atoms. The topological polar surface area (TPSA) is 91.2 Å². The van der Waals surface area contributed by atoms with Gasteiger partial charge in [-0.2, -0.15) is 0 Å². The van der Waals surface area contributed by atoms with E-state index in [1.807, 2.05) is 38.2 Å². The number of fused-ring (bicyclic) bond motifs is 2. The van der Waals surface area contributed by atoms with Crippen LogP contribution in [0.25, 0.3) is 21.8 Å². The molecule has 2 heterocycles. The van der Waals surface area contributed by atoms with E-state index < -0.39 is 0 Å². The van der Waals surface area contributed by atoms with Gasteiger partial charge in [0.25, 0.3) is 0 Å². The molecule has 0 amide bonds. The standard InChI is InChI=1S/C12H16N2O.C11H14N2O/c1-7-8(2)14(3)12-10(15-4)6-5-9(13)11(7)12;1-6-7(2)13-11-9(14-3)5-4-8(12)10(6)11/h5-6H,13H2,1-4H3;4-5,13H,12H2,1-3H3. The van der Waals surface area contributed by atoms with Gasteiger partial charge in [0.1, 0.15) is 11.5 Å². The van der Waals surface area contributed by atoms with E-state index in [0.717, 1.165) is 50.4 Å². The summed E-state index contributed by atoms with van der Waals surface area (Å²) >= 11 is 0. The van der Waals surface area contributed by atoms with E-state index in [9.17, 15) is 0 Å². The number of hydrogen-bond donors (Lipinski definition) is 3. The number of nitrogens with one attached hydrogen (secondary N) is 1. The predicted octanol–water partition coefficient (Wildman–Crippen LogP) is 4.76. The first-order valence-electron chi connectivity index (χ1n) is 9.52. The monoisotopic (exact) mass is 394 g/mol. The van der Waals surface area contributed by atoms with Gasteiger partial charge in [-0.1, -0.05) is 0 Å². The lowest BCUT2D eigenvalue weighted by molar-refractivity contribution is 0.418. The zero-order valence-electron chi connectivity index (χ0n) is 18.2. The number of aromatic nitrogens is 2. The number of benzene rings is 2. The van der Waals surface area contributed by atoms with Crippen LogP contribution in [0.5, 0.6) is 11.5 Å². The van der Waals surface area contributed by atoms with Crippen molar-refractivity contribution in [2.45, 2.75) is 27.7 Å². The smallest absolute Gasteiger partial charge is 0.143 e. The lowest BCUT2D eigenvalue weighted by Gasteiger charge is -2.06. The van der Waals surface area contributed by atoms with Crippen molar-refractivity contribution < 1.29 is 9.47 Å². The number of rotatable bonds is 2. The molecular weight excluding hydrogens is 364 g/mol. The Hall–Kier alpha value is -3.28. The molecule has 6 heteroatoms. The van der Waals surface area contributed by atoms with E-state index >= 15 is 0 Å². The van der Waals surface area contributed by atoms with E-state index in [1.54, 1.807) is 14.2 Å². The van der Waals surface area contributed by atoms with Gasteiger partial charge in [-0.05, 0) is 63.1 Å². The molecule has 4 aromatic rings. The van der Waals surface area contributed by atoms with E-state index in [4.69, 9.17) is 20.9 Å². The van der Waals surface area contributed by atoms with Crippen LogP contribution in [0.2, 0.25) is 0 Å². The number of nitrogens with two attached hydrogens (primary N) is 2. The van der Waals surface area contributed by atoms with E-state index in [-0.39, 0.29) is 0 Å². The third-order valence-corrected chi connectivity index (χ3v) is 5.82. The average Bonchev–Trinajstić information content (AvgIpc) is 3.13. The second kappa shape index (κ2) is 7.62. The van der Waals surface area contributed by atoms with E-state index in [1.165, 1.54) is 16.8 Å². The number of nitrogens with zero attached hydrogens (tertiary/aromatic N) is 1. The zero-order chi connectivity index (χ0) is 21.5. The highest BCUT2D eigenvalue weighted by Gasteiger charge is 2.14. The number of hydrogen-bond acceptors (Lipinski definition) is 4. The highest BCUT2D eigenvalue weighted by atomic mass is 16.5. The van der Waals surface area contributed by atoms with E-state index in [2.05, 4.69) is 30.3 Å². The first-order chi connectivity index (χ1) is 13.7. The third-order valence-electron chi connectivity index (χ3n) is 5.82. The summed E-state index contributed by atoms with van der Waals surface area (Å²) in [6.45, 7) is 8.28. The van der Waals surface area contributed by atoms with Crippen LogP contribution in [-0.4, -0.2) is 23.8 Å². The Morgan fingerprint density at radius 2 is 1.34 bits per heavy atom. The van der Waals surface area contributed by atoms with Gasteiger partial charge in [0.05, 0.1) is 25.3 Å². The molecule has 0 spiro atoms. The molecule has 2 aromatic heterocycles. The maximum absolute atomic E-state index is 5.99. The molecule has 0 unspecified atom stereocenters. The van der Waals surface area contributed by atoms with Gasteiger partial charge in [0, 0.05) is 40.6 Å². The Kier molecular flexibility index (Phi) is 5.38. The van der Waals surface area contributed by atoms with Crippen molar-refractivity contribution in [3.63, 3.8) is 0 Å². The lowest BCUT2D eigenvalue weighted by Crippen LogP contribution is -1.94. The lowest BCUT2D eigenvalue weighted by atomic mass is 10.1. The molecule has 4 rings (SSSR count). The molecule has 0 fully saturated rings. The Labute approximate surface area is 171 Å². The quantitative estimate of drug-likeness (QED) is 0.427. The molecule has 0 atom stereocenters. The molecule has 2 aromatic carbocycles. The van der Waals surface area contributed by atoms with Crippen molar-refractivity contribution in [3.05, 3.63) is 46.8 Å². The molecular formula is C23H30N4O2. The van der Waals surface area contributed by atoms with Crippen molar-refractivity contribution in [2.75, 3.05) is 25.7 Å². The first-order valence-corrected chi connectivity index (χ1v) is 9.52. The largest absolute Gasteiger partial charge is 0.495 e. The summed E-state index contributed by atoms with van der Waals surface area (Å²) in [5, 5.41) is 2.18. The van der Waals surface area contributed by atoms with Crippen LogP contribution < -0.4 is 20.9 Å². The van der Waals surface area contributed by atoms with Crippen LogP contribution in [0.15, 0.2) is 24.3 Å². The summed E-state index contributed by atoms with van der Waals surface area (Å²) in [6.07, 6.45) is 0. The number of methoxy groups -OCH3 is 2. The van der Waals surface area contributed by atoms with Crippen molar-refractivity contribution in [3.8, 4) is 11.5 Å². The normalized spacial score (nSPS) is 10.9. The Bertz CT molecular complexity index is 1200. The summed E-state index contributed by atoms with van der Waals surface area (Å²) in [5.74, 6) is 1.71. The van der Waals surface area contributed by atoms with E-state index in [0.29, 0.717) is 0 Å². The van der Waals surface area contributed by atoms with Gasteiger partial charge in [-0.15, -0.1) is 0 Å². The average molecular weight is 395 g/mol. The summed E-state index contributed by atoms with van der Waals surface area (Å²) in [5.41, 5.74) is 20.4. The summed E-state index contributed by atoms with van der Waals surface area (Å²) < 4.78 is 12.7. The van der Waals surface area contributed by atoms with Gasteiger partial charge in [-0.3, -0.25) is 0 Å². The minimum Gasteiger partial charge on any atom is -0.495 e. The van der Waals surface area contributed by atoms with Gasteiger partial charge in [0.15, 0.2) is 0 Å². The van der Waals surface area contributed by atoms with Crippen molar-refractivity contribution in [1.29, 1.82) is 0 Å². The van der Waals surface area contributed by atoms with Crippen molar-refractivity contribution in [2.24, 2.45) is 7.05 Å². The number of aromatic amines is 1. The summed E-state index contributed by atoms with van der Waals surface area (Å²) in [7, 11) is 5.38. The van der Waals surface area contributed by atoms with Gasteiger partial charge < -0.3 is 30.5 Å². The van der Waals surface area contributed by atoms with Gasteiger partial charge >= 0.3 is 0 Å². The molecule has 0 saturated heterocycles. The predicted molar refractivity (Wildman–Crippen MR) is 122 cm³/mol. The van der Waals surface area contributed by atoms with Crippen molar-refractivity contribution in [1.82, 2.24) is 9.55 Å². The fourth-order valence-corrected chi connectivity index (χ4v) is 3.85. The number of anilines is 2. The number of H-pyrrole nitrogens is 1. The summed E-state index contributed by atoms with van der Waals surface area (Å²) in [6, 6.07) is 7.57. The second-order valence-electron chi connectivity index (χ2n) is 7.33. The van der Waals surface area contributed by atoms with Crippen molar-refractivity contribution >= 4 is 33.2 Å². The number of ether oxygens (including phenoxy) is 2. The Morgan fingerprint density at radius 3 is 1.93 bits per heavy atom. The molecule has 0 aliphatic carbocycles. The zero-order valence-corrected chi connectivity index (χ0v) is 18.2. The second-order valence-corrected chi connectivity index (χ2v) is 7.33. The first kappa shape index (κ1) is 20.5. The molecule has 5 N–H and O–H groups in total. The SMILES string of the molecule is COc1ccc(N)c2c(C)c(C)[nH]c12.COc1ccc(N)c2c(C)c(C)n(C)c12. The van der Waals surface area contributed by atoms with Crippen LogP contribution >= 0.6 is 0 Å². The molecule has 0 radical (unpaired) electrons. The molecule has 154 valence electrons.